The van der Waals surface area contributed by atoms with Crippen LogP contribution in [0.3, 0.4) is 0 Å². The number of hydrogen-bond acceptors (Lipinski definition) is 5. The standard InChI is InChI=1S/C24H23N5O2/c1-15-6-7-18(24(30)28-19-8-9-19)11-21(15)29-23-20(12-27-29)22(25-14-26-23)17-5-3-4-16(10-17)13-31-2/h3-7,10-12,14,19H,8-9,13H2,1-2H3,(H,28,30). The fourth-order valence-electron chi connectivity index (χ4n) is 3.70. The molecule has 5 rings (SSSR count). The van der Waals surface area contributed by atoms with Crippen molar-refractivity contribution in [2.24, 2.45) is 0 Å². The number of nitrogens with one attached hydrogen (secondary N) is 1. The minimum atomic E-state index is -0.0505. The number of benzene rings is 2. The number of ether oxygens (including phenoxy) is 1. The average Bonchev–Trinajstić information content (AvgIpc) is 3.49. The number of rotatable bonds is 6. The van der Waals surface area contributed by atoms with Crippen molar-refractivity contribution in [3.63, 3.8) is 0 Å². The van der Waals surface area contributed by atoms with Gasteiger partial charge in [-0.2, -0.15) is 5.10 Å². The van der Waals surface area contributed by atoms with Crippen LogP contribution in [0.15, 0.2) is 55.0 Å². The Morgan fingerprint density at radius 3 is 2.87 bits per heavy atom. The third kappa shape index (κ3) is 3.80. The molecule has 156 valence electrons. The highest BCUT2D eigenvalue weighted by Gasteiger charge is 2.24. The smallest absolute Gasteiger partial charge is 0.251 e. The van der Waals surface area contributed by atoms with Crippen molar-refractivity contribution in [2.75, 3.05) is 7.11 Å². The summed E-state index contributed by atoms with van der Waals surface area (Å²) in [5, 5.41) is 8.50. The quantitative estimate of drug-likeness (QED) is 0.520. The number of aromatic nitrogens is 4. The fraction of sp³-hybridized carbons (Fsp3) is 0.250. The third-order valence-corrected chi connectivity index (χ3v) is 5.49. The second-order valence-electron chi connectivity index (χ2n) is 7.90. The van der Waals surface area contributed by atoms with Gasteiger partial charge in [-0.25, -0.2) is 14.6 Å². The minimum absolute atomic E-state index is 0.0505. The van der Waals surface area contributed by atoms with E-state index in [0.29, 0.717) is 23.9 Å². The van der Waals surface area contributed by atoms with Crippen LogP contribution < -0.4 is 5.32 Å². The highest BCUT2D eigenvalue weighted by atomic mass is 16.5. The topological polar surface area (TPSA) is 81.9 Å². The van der Waals surface area contributed by atoms with Crippen molar-refractivity contribution >= 4 is 16.9 Å². The van der Waals surface area contributed by atoms with E-state index in [-0.39, 0.29) is 5.91 Å². The summed E-state index contributed by atoms with van der Waals surface area (Å²) in [7, 11) is 1.68. The summed E-state index contributed by atoms with van der Waals surface area (Å²) in [6.45, 7) is 2.54. The van der Waals surface area contributed by atoms with Gasteiger partial charge < -0.3 is 10.1 Å². The zero-order valence-corrected chi connectivity index (χ0v) is 17.5. The predicted molar refractivity (Wildman–Crippen MR) is 118 cm³/mol. The first-order chi connectivity index (χ1) is 15.1. The maximum absolute atomic E-state index is 12.5. The average molecular weight is 413 g/mol. The first kappa shape index (κ1) is 19.4. The van der Waals surface area contributed by atoms with Crippen molar-refractivity contribution in [3.05, 3.63) is 71.7 Å². The maximum Gasteiger partial charge on any atom is 0.251 e. The lowest BCUT2D eigenvalue weighted by Gasteiger charge is -2.10. The highest BCUT2D eigenvalue weighted by molar-refractivity contribution is 5.96. The van der Waals surface area contributed by atoms with Crippen LogP contribution in [0, 0.1) is 6.92 Å². The largest absolute Gasteiger partial charge is 0.380 e. The van der Waals surface area contributed by atoms with Gasteiger partial charge in [-0.15, -0.1) is 0 Å². The van der Waals surface area contributed by atoms with Gasteiger partial charge in [0, 0.05) is 24.3 Å². The molecule has 2 heterocycles. The highest BCUT2D eigenvalue weighted by Crippen LogP contribution is 2.28. The van der Waals surface area contributed by atoms with Gasteiger partial charge in [0.15, 0.2) is 5.65 Å². The van der Waals surface area contributed by atoms with Crippen LogP contribution in [0.25, 0.3) is 28.0 Å². The molecule has 0 spiro atoms. The van der Waals surface area contributed by atoms with Crippen molar-refractivity contribution in [2.45, 2.75) is 32.4 Å². The molecule has 1 aliphatic carbocycles. The molecule has 2 aromatic heterocycles. The van der Waals surface area contributed by atoms with Gasteiger partial charge in [0.05, 0.1) is 29.6 Å². The van der Waals surface area contributed by atoms with Gasteiger partial charge >= 0.3 is 0 Å². The molecule has 1 saturated carbocycles. The van der Waals surface area contributed by atoms with E-state index >= 15 is 0 Å². The molecule has 1 aliphatic rings. The first-order valence-electron chi connectivity index (χ1n) is 10.3. The zero-order valence-electron chi connectivity index (χ0n) is 17.5. The molecule has 1 fully saturated rings. The number of nitrogens with zero attached hydrogens (tertiary/aromatic N) is 4. The van der Waals surface area contributed by atoms with E-state index in [1.54, 1.807) is 24.3 Å². The van der Waals surface area contributed by atoms with E-state index in [1.807, 2.05) is 43.3 Å². The minimum Gasteiger partial charge on any atom is -0.380 e. The Balaban J connectivity index is 1.57. The summed E-state index contributed by atoms with van der Waals surface area (Å²) in [6.07, 6.45) is 5.45. The Morgan fingerprint density at radius 2 is 2.06 bits per heavy atom. The lowest BCUT2D eigenvalue weighted by atomic mass is 10.1. The summed E-state index contributed by atoms with van der Waals surface area (Å²) < 4.78 is 7.04. The Kier molecular flexibility index (Phi) is 4.95. The Morgan fingerprint density at radius 1 is 1.19 bits per heavy atom. The predicted octanol–water partition coefficient (Wildman–Crippen LogP) is 3.83. The molecule has 1 amide bonds. The fourth-order valence-corrected chi connectivity index (χ4v) is 3.70. The molecule has 7 nitrogen and oxygen atoms in total. The Bertz CT molecular complexity index is 1280. The maximum atomic E-state index is 12.5. The number of amides is 1. The van der Waals surface area contributed by atoms with E-state index in [1.165, 1.54) is 0 Å². The van der Waals surface area contributed by atoms with Crippen LogP contribution in [0.4, 0.5) is 0 Å². The molecule has 0 radical (unpaired) electrons. The number of fused-ring (bicyclic) bond motifs is 1. The van der Waals surface area contributed by atoms with E-state index < -0.39 is 0 Å². The van der Waals surface area contributed by atoms with E-state index in [2.05, 4.69) is 26.4 Å². The first-order valence-corrected chi connectivity index (χ1v) is 10.3. The molecule has 0 aliphatic heterocycles. The molecule has 0 atom stereocenters. The summed E-state index contributed by atoms with van der Waals surface area (Å²) in [5.41, 5.74) is 6.03. The van der Waals surface area contributed by atoms with Crippen molar-refractivity contribution in [3.8, 4) is 16.9 Å². The van der Waals surface area contributed by atoms with Crippen LogP contribution in [0.5, 0.6) is 0 Å². The molecule has 2 aromatic carbocycles. The molecular formula is C24H23N5O2. The van der Waals surface area contributed by atoms with Gasteiger partial charge in [0.2, 0.25) is 0 Å². The number of hydrogen-bond donors (Lipinski definition) is 1. The Hall–Kier alpha value is -3.58. The third-order valence-electron chi connectivity index (χ3n) is 5.49. The molecule has 1 N–H and O–H groups in total. The second kappa shape index (κ2) is 7.92. The SMILES string of the molecule is COCc1cccc(-c2ncnc3c2cnn3-c2cc(C(=O)NC3CC3)ccc2C)c1. The van der Waals surface area contributed by atoms with Gasteiger partial charge in [0.25, 0.3) is 5.91 Å². The van der Waals surface area contributed by atoms with Crippen LogP contribution in [0.2, 0.25) is 0 Å². The second-order valence-corrected chi connectivity index (χ2v) is 7.90. The van der Waals surface area contributed by atoms with Gasteiger partial charge in [0.1, 0.15) is 6.33 Å². The molecule has 31 heavy (non-hydrogen) atoms. The monoisotopic (exact) mass is 413 g/mol. The molecule has 0 saturated heterocycles. The number of aryl methyl sites for hydroxylation is 1. The lowest BCUT2D eigenvalue weighted by molar-refractivity contribution is 0.0951. The summed E-state index contributed by atoms with van der Waals surface area (Å²) in [5.74, 6) is -0.0505. The van der Waals surface area contributed by atoms with Crippen LogP contribution >= 0.6 is 0 Å². The van der Waals surface area contributed by atoms with Crippen molar-refractivity contribution < 1.29 is 9.53 Å². The molecular weight excluding hydrogens is 390 g/mol. The van der Waals surface area contributed by atoms with Gasteiger partial charge in [-0.3, -0.25) is 4.79 Å². The van der Waals surface area contributed by atoms with Crippen LogP contribution in [-0.2, 0) is 11.3 Å². The zero-order chi connectivity index (χ0) is 21.4. The molecule has 0 unspecified atom stereocenters. The number of carbonyl (C=O) groups is 1. The van der Waals surface area contributed by atoms with Gasteiger partial charge in [-0.05, 0) is 49.1 Å². The summed E-state index contributed by atoms with van der Waals surface area (Å²) >= 11 is 0. The van der Waals surface area contributed by atoms with Crippen LogP contribution in [0.1, 0.15) is 34.3 Å². The normalized spacial score (nSPS) is 13.5. The van der Waals surface area contributed by atoms with Crippen molar-refractivity contribution in [1.29, 1.82) is 0 Å². The number of methoxy groups -OCH3 is 1. The van der Waals surface area contributed by atoms with E-state index in [0.717, 1.165) is 46.3 Å². The van der Waals surface area contributed by atoms with Gasteiger partial charge in [-0.1, -0.05) is 24.3 Å². The molecule has 4 aromatic rings. The number of carbonyl (C=O) groups excluding carboxylic acids is 1. The molecule has 0 bridgehead atoms. The van der Waals surface area contributed by atoms with E-state index in [9.17, 15) is 4.79 Å². The van der Waals surface area contributed by atoms with Crippen LogP contribution in [-0.4, -0.2) is 38.8 Å². The van der Waals surface area contributed by atoms with E-state index in [4.69, 9.17) is 4.74 Å². The lowest BCUT2D eigenvalue weighted by Crippen LogP contribution is -2.25. The summed E-state index contributed by atoms with van der Waals surface area (Å²) in [6, 6.07) is 14.1. The Labute approximate surface area is 180 Å². The molecule has 7 heteroatoms. The summed E-state index contributed by atoms with van der Waals surface area (Å²) in [4.78, 5) is 21.6. The van der Waals surface area contributed by atoms with Crippen molar-refractivity contribution in [1.82, 2.24) is 25.1 Å².